The highest BCUT2D eigenvalue weighted by atomic mass is 35.5. The van der Waals surface area contributed by atoms with Crippen LogP contribution in [-0.4, -0.2) is 24.8 Å². The summed E-state index contributed by atoms with van der Waals surface area (Å²) < 4.78 is 0. The predicted molar refractivity (Wildman–Crippen MR) is 64.5 cm³/mol. The number of hydrogen-bond donors (Lipinski definition) is 2. The van der Waals surface area contributed by atoms with Crippen LogP contribution in [0, 0.1) is 5.92 Å². The fourth-order valence-corrected chi connectivity index (χ4v) is 2.30. The van der Waals surface area contributed by atoms with Crippen molar-refractivity contribution in [2.24, 2.45) is 5.92 Å². The summed E-state index contributed by atoms with van der Waals surface area (Å²) in [5.74, 6) is 0.338. The molecule has 1 aliphatic heterocycles. The summed E-state index contributed by atoms with van der Waals surface area (Å²) in [6.07, 6.45) is 0. The van der Waals surface area contributed by atoms with Crippen molar-refractivity contribution in [2.75, 3.05) is 19.7 Å². The number of benzene rings is 1. The first-order valence-electron chi connectivity index (χ1n) is 5.14. The summed E-state index contributed by atoms with van der Waals surface area (Å²) in [6, 6.07) is 10.5. The zero-order valence-corrected chi connectivity index (χ0v) is 9.76. The molecule has 0 bridgehead atoms. The van der Waals surface area contributed by atoms with Crippen molar-refractivity contribution >= 4 is 12.4 Å². The van der Waals surface area contributed by atoms with E-state index in [2.05, 4.69) is 36.5 Å². The van der Waals surface area contributed by atoms with Gasteiger partial charge in [0.2, 0.25) is 0 Å². The highest BCUT2D eigenvalue weighted by Gasteiger charge is 2.39. The van der Waals surface area contributed by atoms with Crippen LogP contribution in [0.15, 0.2) is 30.3 Å². The Morgan fingerprint density at radius 2 is 2.07 bits per heavy atom. The molecule has 1 aliphatic rings. The Hall–Kier alpha value is -0.570. The summed E-state index contributed by atoms with van der Waals surface area (Å²) in [5.41, 5.74) is 1.42. The highest BCUT2D eigenvalue weighted by molar-refractivity contribution is 5.85. The topological polar surface area (TPSA) is 32.3 Å². The maximum absolute atomic E-state index is 9.32. The molecule has 1 aromatic rings. The van der Waals surface area contributed by atoms with Gasteiger partial charge in [-0.25, -0.2) is 0 Å². The van der Waals surface area contributed by atoms with E-state index in [9.17, 15) is 5.11 Å². The molecule has 15 heavy (non-hydrogen) atoms. The van der Waals surface area contributed by atoms with Crippen molar-refractivity contribution in [3.05, 3.63) is 35.9 Å². The minimum atomic E-state index is 0. The van der Waals surface area contributed by atoms with Gasteiger partial charge in [-0.1, -0.05) is 37.3 Å². The zero-order valence-electron chi connectivity index (χ0n) is 8.94. The van der Waals surface area contributed by atoms with Gasteiger partial charge in [0.05, 0.1) is 0 Å². The monoisotopic (exact) mass is 227 g/mol. The molecule has 0 aliphatic carbocycles. The van der Waals surface area contributed by atoms with E-state index in [1.165, 1.54) is 5.56 Å². The first-order chi connectivity index (χ1) is 6.77. The molecule has 0 radical (unpaired) electrons. The van der Waals surface area contributed by atoms with Crippen molar-refractivity contribution in [3.8, 4) is 0 Å². The minimum Gasteiger partial charge on any atom is -0.396 e. The van der Waals surface area contributed by atoms with Crippen LogP contribution in [-0.2, 0) is 5.41 Å². The van der Waals surface area contributed by atoms with Gasteiger partial charge in [-0.05, 0) is 5.56 Å². The van der Waals surface area contributed by atoms with Gasteiger partial charge in [-0.15, -0.1) is 12.4 Å². The van der Waals surface area contributed by atoms with Crippen LogP contribution in [0.3, 0.4) is 0 Å². The second kappa shape index (κ2) is 4.97. The highest BCUT2D eigenvalue weighted by Crippen LogP contribution is 2.34. The van der Waals surface area contributed by atoms with E-state index in [-0.39, 0.29) is 24.4 Å². The molecule has 0 aromatic heterocycles. The average molecular weight is 228 g/mol. The Labute approximate surface area is 97.1 Å². The van der Waals surface area contributed by atoms with Gasteiger partial charge in [0.15, 0.2) is 0 Å². The van der Waals surface area contributed by atoms with Gasteiger partial charge in [0, 0.05) is 31.0 Å². The molecular weight excluding hydrogens is 210 g/mol. The smallest absolute Gasteiger partial charge is 0.0480 e. The van der Waals surface area contributed by atoms with E-state index >= 15 is 0 Å². The van der Waals surface area contributed by atoms with Gasteiger partial charge in [0.25, 0.3) is 0 Å². The van der Waals surface area contributed by atoms with Crippen molar-refractivity contribution in [1.82, 2.24) is 5.32 Å². The summed E-state index contributed by atoms with van der Waals surface area (Å²) in [7, 11) is 0. The first kappa shape index (κ1) is 12.5. The molecule has 0 saturated carbocycles. The molecule has 0 amide bonds. The fourth-order valence-electron chi connectivity index (χ4n) is 2.30. The average Bonchev–Trinajstić information content (AvgIpc) is 2.62. The normalized spacial score (nSPS) is 29.9. The molecule has 2 rings (SSSR count). The van der Waals surface area contributed by atoms with Crippen molar-refractivity contribution in [1.29, 1.82) is 0 Å². The van der Waals surface area contributed by atoms with Crippen molar-refractivity contribution in [2.45, 2.75) is 12.3 Å². The summed E-state index contributed by atoms with van der Waals surface area (Å²) in [4.78, 5) is 0. The molecule has 0 spiro atoms. The standard InChI is InChI=1S/C12H17NO.ClH/c1-12(9-13-7-11(12)8-14)10-5-3-2-4-6-10;/h2-6,11,13-14H,7-9H2,1H3;1H. The maximum atomic E-state index is 9.32. The molecule has 1 heterocycles. The number of hydrogen-bond acceptors (Lipinski definition) is 2. The van der Waals surface area contributed by atoms with E-state index in [1.807, 2.05) is 6.07 Å². The van der Waals surface area contributed by atoms with Crippen molar-refractivity contribution in [3.63, 3.8) is 0 Å². The fraction of sp³-hybridized carbons (Fsp3) is 0.500. The van der Waals surface area contributed by atoms with E-state index in [0.29, 0.717) is 5.92 Å². The second-order valence-corrected chi connectivity index (χ2v) is 4.29. The van der Waals surface area contributed by atoms with E-state index < -0.39 is 0 Å². The first-order valence-corrected chi connectivity index (χ1v) is 5.14. The van der Waals surface area contributed by atoms with Gasteiger partial charge in [-0.3, -0.25) is 0 Å². The van der Waals surface area contributed by atoms with Gasteiger partial charge >= 0.3 is 0 Å². The zero-order chi connectivity index (χ0) is 10.0. The minimum absolute atomic E-state index is 0. The van der Waals surface area contributed by atoms with Crippen molar-refractivity contribution < 1.29 is 5.11 Å². The lowest BCUT2D eigenvalue weighted by Gasteiger charge is -2.29. The quantitative estimate of drug-likeness (QED) is 0.804. The number of aliphatic hydroxyl groups is 1. The lowest BCUT2D eigenvalue weighted by molar-refractivity contribution is 0.193. The molecule has 84 valence electrons. The molecule has 2 atom stereocenters. The Balaban J connectivity index is 0.00000112. The Bertz CT molecular complexity index is 304. The van der Waals surface area contributed by atoms with Crippen LogP contribution in [0.2, 0.25) is 0 Å². The Morgan fingerprint density at radius 3 is 2.67 bits per heavy atom. The van der Waals surface area contributed by atoms with E-state index in [0.717, 1.165) is 13.1 Å². The van der Waals surface area contributed by atoms with Gasteiger partial charge < -0.3 is 10.4 Å². The van der Waals surface area contributed by atoms with Crippen LogP contribution in [0.1, 0.15) is 12.5 Å². The van der Waals surface area contributed by atoms with Crippen LogP contribution in [0.25, 0.3) is 0 Å². The SMILES string of the molecule is CC1(c2ccccc2)CNCC1CO.Cl. The summed E-state index contributed by atoms with van der Waals surface area (Å²) >= 11 is 0. The number of rotatable bonds is 2. The molecule has 2 unspecified atom stereocenters. The van der Waals surface area contributed by atoms with Crippen LogP contribution in [0.4, 0.5) is 0 Å². The maximum Gasteiger partial charge on any atom is 0.0480 e. The second-order valence-electron chi connectivity index (χ2n) is 4.29. The van der Waals surface area contributed by atoms with Crippen LogP contribution in [0.5, 0.6) is 0 Å². The summed E-state index contributed by atoms with van der Waals surface area (Å²) in [6.45, 7) is 4.37. The molecule has 2 N–H and O–H groups in total. The molecule has 3 heteroatoms. The number of halogens is 1. The van der Waals surface area contributed by atoms with Crippen LogP contribution >= 0.6 is 12.4 Å². The van der Waals surface area contributed by atoms with E-state index in [1.54, 1.807) is 0 Å². The predicted octanol–water partition coefficient (Wildman–Crippen LogP) is 1.58. The van der Waals surface area contributed by atoms with Crippen LogP contribution < -0.4 is 5.32 Å². The van der Waals surface area contributed by atoms with E-state index in [4.69, 9.17) is 0 Å². The number of aliphatic hydroxyl groups excluding tert-OH is 1. The molecule has 2 nitrogen and oxygen atoms in total. The largest absolute Gasteiger partial charge is 0.396 e. The molecular formula is C12H18ClNO. The third-order valence-corrected chi connectivity index (χ3v) is 3.44. The Morgan fingerprint density at radius 1 is 1.40 bits per heavy atom. The number of nitrogens with one attached hydrogen (secondary N) is 1. The molecule has 1 aromatic carbocycles. The third-order valence-electron chi connectivity index (χ3n) is 3.44. The van der Waals surface area contributed by atoms with Gasteiger partial charge in [0.1, 0.15) is 0 Å². The summed E-state index contributed by atoms with van der Waals surface area (Å²) in [5, 5.41) is 12.7. The molecule has 1 fully saturated rings. The van der Waals surface area contributed by atoms with Gasteiger partial charge in [-0.2, -0.15) is 0 Å². The lowest BCUT2D eigenvalue weighted by atomic mass is 9.74. The lowest BCUT2D eigenvalue weighted by Crippen LogP contribution is -2.33. The molecule has 1 saturated heterocycles. The Kier molecular flexibility index (Phi) is 4.14. The third kappa shape index (κ3) is 2.17.